The molecule has 1 aliphatic rings. The fourth-order valence-electron chi connectivity index (χ4n) is 3.51. The number of halogens is 3. The van der Waals surface area contributed by atoms with E-state index in [-0.39, 0.29) is 28.0 Å². The third-order valence-electron chi connectivity index (χ3n) is 5.47. The van der Waals surface area contributed by atoms with Gasteiger partial charge in [0.1, 0.15) is 17.1 Å². The Labute approximate surface area is 199 Å². The molecule has 0 aliphatic heterocycles. The van der Waals surface area contributed by atoms with Crippen LogP contribution in [-0.2, 0) is 17.0 Å². The lowest BCUT2D eigenvalue weighted by Crippen LogP contribution is -2.45. The summed E-state index contributed by atoms with van der Waals surface area (Å²) < 4.78 is 58.0. The average molecular weight is 500 g/mol. The molecule has 0 unspecified atom stereocenters. The summed E-state index contributed by atoms with van der Waals surface area (Å²) in [6, 6.07) is 5.53. The van der Waals surface area contributed by atoms with Crippen molar-refractivity contribution in [3.05, 3.63) is 52.8 Å². The summed E-state index contributed by atoms with van der Waals surface area (Å²) in [5.41, 5.74) is 0.506. The van der Waals surface area contributed by atoms with Gasteiger partial charge in [0.2, 0.25) is 4.90 Å². The van der Waals surface area contributed by atoms with Crippen molar-refractivity contribution in [2.24, 2.45) is 5.84 Å². The number of urea groups is 1. The highest BCUT2D eigenvalue weighted by atomic mass is 32.2. The molecule has 2 amide bonds. The van der Waals surface area contributed by atoms with Crippen molar-refractivity contribution in [2.75, 3.05) is 5.32 Å². The van der Waals surface area contributed by atoms with Crippen molar-refractivity contribution in [1.82, 2.24) is 4.41 Å². The van der Waals surface area contributed by atoms with Gasteiger partial charge in [0.15, 0.2) is 5.82 Å². The van der Waals surface area contributed by atoms with E-state index in [0.717, 1.165) is 18.9 Å². The molecule has 2 aromatic carbocycles. The zero-order chi connectivity index (χ0) is 25.4. The molecule has 0 radical (unpaired) electrons. The fourth-order valence-corrected chi connectivity index (χ4v) is 4.33. The number of benzene rings is 2. The molecule has 1 aliphatic carbocycles. The number of carbonyl (C=O) groups is 1. The maximum Gasteiger partial charge on any atom is 0.387 e. The number of aliphatic hydroxyl groups is 1. The lowest BCUT2D eigenvalue weighted by molar-refractivity contribution is -0.0499. The monoisotopic (exact) mass is 499 g/mol. The van der Waals surface area contributed by atoms with Gasteiger partial charge in [-0.1, -0.05) is 24.3 Å². The Bertz CT molecular complexity index is 1040. The minimum atomic E-state index is -2.99. The van der Waals surface area contributed by atoms with E-state index < -0.39 is 35.4 Å². The molecule has 7 nitrogen and oxygen atoms in total. The number of ether oxygens (including phenoxy) is 1. The summed E-state index contributed by atoms with van der Waals surface area (Å²) in [6.45, 7) is 3.61. The van der Waals surface area contributed by atoms with Gasteiger partial charge in [0.05, 0.1) is 5.60 Å². The Morgan fingerprint density at radius 3 is 2.44 bits per heavy atom. The number of nitrogens with one attached hydrogen (secondary N) is 1. The van der Waals surface area contributed by atoms with Crippen molar-refractivity contribution < 1.29 is 32.4 Å². The van der Waals surface area contributed by atoms with E-state index in [4.69, 9.17) is 5.84 Å². The molecule has 3 rings (SSSR count). The molecule has 0 saturated heterocycles. The molecule has 186 valence electrons. The van der Waals surface area contributed by atoms with Crippen LogP contribution in [0.5, 0.6) is 5.75 Å². The van der Waals surface area contributed by atoms with E-state index in [1.54, 1.807) is 0 Å². The number of anilines is 1. The number of carbonyl (C=O) groups excluding carboxylic acids is 1. The molecule has 1 atom stereocenters. The van der Waals surface area contributed by atoms with Gasteiger partial charge in [0.25, 0.3) is 0 Å². The predicted molar refractivity (Wildman–Crippen MR) is 122 cm³/mol. The molecule has 0 aromatic heterocycles. The van der Waals surface area contributed by atoms with Crippen molar-refractivity contribution in [2.45, 2.75) is 69.5 Å². The second-order valence-corrected chi connectivity index (χ2v) is 10.3. The number of nitrogens with zero attached hydrogens (tertiary/aromatic N) is 1. The highest BCUT2D eigenvalue weighted by Crippen LogP contribution is 2.47. The number of amides is 2. The molecule has 0 bridgehead atoms. The molecule has 1 fully saturated rings. The van der Waals surface area contributed by atoms with Crippen molar-refractivity contribution in [1.29, 1.82) is 0 Å². The lowest BCUT2D eigenvalue weighted by atomic mass is 9.95. The van der Waals surface area contributed by atoms with Crippen LogP contribution in [0.25, 0.3) is 0 Å². The largest absolute Gasteiger partial charge is 0.586 e. The fraction of sp³-hybridized carbons (Fsp3) is 0.435. The van der Waals surface area contributed by atoms with Crippen LogP contribution in [0, 0.1) is 5.82 Å². The van der Waals surface area contributed by atoms with Crippen molar-refractivity contribution >= 4 is 23.1 Å². The van der Waals surface area contributed by atoms with E-state index in [9.17, 15) is 27.6 Å². The average Bonchev–Trinajstić information content (AvgIpc) is 3.57. The molecule has 11 heteroatoms. The molecule has 1 saturated carbocycles. The summed E-state index contributed by atoms with van der Waals surface area (Å²) in [7, 11) is 0. The van der Waals surface area contributed by atoms with E-state index in [1.807, 2.05) is 13.8 Å². The normalized spacial score (nSPS) is 14.9. The number of hydrogen-bond acceptors (Lipinski definition) is 5. The molecular weight excluding hydrogens is 471 g/mol. The van der Waals surface area contributed by atoms with Crippen LogP contribution < -0.4 is 15.9 Å². The summed E-state index contributed by atoms with van der Waals surface area (Å²) >= 11 is -2.39. The van der Waals surface area contributed by atoms with Crippen LogP contribution in [0.3, 0.4) is 0 Å². The highest BCUT2D eigenvalue weighted by molar-refractivity contribution is 7.89. The van der Waals surface area contributed by atoms with Gasteiger partial charge >= 0.3 is 12.6 Å². The van der Waals surface area contributed by atoms with Gasteiger partial charge in [-0.3, -0.25) is 0 Å². The molecule has 4 N–H and O–H groups in total. The van der Waals surface area contributed by atoms with E-state index in [0.29, 0.717) is 21.2 Å². The van der Waals surface area contributed by atoms with Gasteiger partial charge in [0, 0.05) is 5.69 Å². The second-order valence-electron chi connectivity index (χ2n) is 8.99. The van der Waals surface area contributed by atoms with Crippen LogP contribution >= 0.6 is 0 Å². The van der Waals surface area contributed by atoms with Crippen LogP contribution in [0.4, 0.5) is 23.7 Å². The number of hydrogen-bond donors (Lipinski definition) is 3. The summed E-state index contributed by atoms with van der Waals surface area (Å²) in [5, 5.41) is 12.7. The van der Waals surface area contributed by atoms with Crippen molar-refractivity contribution in [3.63, 3.8) is 0 Å². The maximum atomic E-state index is 14.6. The molecular formula is C23H28F3N3O4S. The Hall–Kier alpha value is -2.47. The van der Waals surface area contributed by atoms with Gasteiger partial charge in [-0.2, -0.15) is 14.6 Å². The predicted octanol–water partition coefficient (Wildman–Crippen LogP) is 5.09. The molecule has 0 heterocycles. The quantitative estimate of drug-likeness (QED) is 0.203. The zero-order valence-corrected chi connectivity index (χ0v) is 20.1. The van der Waals surface area contributed by atoms with Crippen LogP contribution in [0.2, 0.25) is 0 Å². The summed E-state index contributed by atoms with van der Waals surface area (Å²) in [6.07, 6.45) is 1.63. The Balaban J connectivity index is 1.88. The van der Waals surface area contributed by atoms with Crippen LogP contribution in [-0.4, -0.2) is 26.7 Å². The minimum absolute atomic E-state index is 0.0132. The zero-order valence-electron chi connectivity index (χ0n) is 19.3. The third kappa shape index (κ3) is 5.96. The number of hydrazine groups is 1. The van der Waals surface area contributed by atoms with Gasteiger partial charge in [-0.25, -0.2) is 9.18 Å². The first-order valence-corrected chi connectivity index (χ1v) is 11.8. The first kappa shape index (κ1) is 26.1. The van der Waals surface area contributed by atoms with E-state index in [2.05, 4.69) is 10.1 Å². The SMILES string of the molecule is CC(C)c1cc(OC(F)F)cc(C2CC2)c1NC(=O)N(N)[S@@+]([O-])c1ccc(C(C)(C)O)cc1F. The van der Waals surface area contributed by atoms with Gasteiger partial charge < -0.3 is 19.7 Å². The minimum Gasteiger partial charge on any atom is -0.586 e. The summed E-state index contributed by atoms with van der Waals surface area (Å²) in [5.74, 6) is 4.76. The first-order valence-electron chi connectivity index (χ1n) is 10.7. The Morgan fingerprint density at radius 1 is 1.29 bits per heavy atom. The first-order chi connectivity index (χ1) is 15.8. The van der Waals surface area contributed by atoms with Crippen molar-refractivity contribution in [3.8, 4) is 5.75 Å². The van der Waals surface area contributed by atoms with Crippen LogP contribution in [0.15, 0.2) is 35.2 Å². The number of rotatable bonds is 8. The topological polar surface area (TPSA) is 111 Å². The van der Waals surface area contributed by atoms with Crippen LogP contribution in [0.1, 0.15) is 69.1 Å². The molecule has 34 heavy (non-hydrogen) atoms. The maximum absolute atomic E-state index is 14.6. The molecule has 2 aromatic rings. The Morgan fingerprint density at radius 2 is 1.94 bits per heavy atom. The Kier molecular flexibility index (Phi) is 7.71. The third-order valence-corrected chi connectivity index (χ3v) is 6.70. The van der Waals surface area contributed by atoms with E-state index >= 15 is 0 Å². The number of nitrogens with two attached hydrogens (primary N) is 1. The molecule has 0 spiro atoms. The van der Waals surface area contributed by atoms with E-state index in [1.165, 1.54) is 38.1 Å². The smallest absolute Gasteiger partial charge is 0.387 e. The summed E-state index contributed by atoms with van der Waals surface area (Å²) in [4.78, 5) is 12.5. The van der Waals surface area contributed by atoms with Gasteiger partial charge in [-0.15, -0.1) is 0 Å². The number of alkyl halides is 2. The standard InChI is InChI=1S/C23H28F3N3O4S/c1-12(2)16-10-15(33-21(25)26)11-17(13-5-6-13)20(16)28-22(30)29(27)34(32)19-8-7-14(9-18(19)24)23(3,4)31/h7-13,21,31H,5-6,27H2,1-4H3,(H,28,30)/t34-/m0/s1. The van der Waals surface area contributed by atoms with Gasteiger partial charge in [-0.05, 0) is 79.5 Å². The highest BCUT2D eigenvalue weighted by Gasteiger charge is 2.34. The second kappa shape index (κ2) is 10.0. The lowest BCUT2D eigenvalue weighted by Gasteiger charge is -2.24.